The molecule has 2 atom stereocenters. The first-order valence-electron chi connectivity index (χ1n) is 7.48. The molecule has 1 aliphatic carbocycles. The summed E-state index contributed by atoms with van der Waals surface area (Å²) in [7, 11) is -3.05. The van der Waals surface area contributed by atoms with Crippen LogP contribution in [0.3, 0.4) is 0 Å². The standard InChI is InChI=1S/C14H19N3O4S/c1-9(14(19)15-11-5-6-22(20,21)8-11)17-13(18)7-10-3-2-4-12(10)16-17/h7,9,11H,2-6,8H2,1H3,(H,15,19)/t9-,11-/m1/s1. The third kappa shape index (κ3) is 2.92. The second-order valence-corrected chi connectivity index (χ2v) is 8.27. The SMILES string of the molecule is C[C@H](C(=O)N[C@@H]1CCS(=O)(=O)C1)n1nc2c(cc1=O)CCC2. The first-order valence-corrected chi connectivity index (χ1v) is 9.30. The topological polar surface area (TPSA) is 98.1 Å². The molecule has 1 aliphatic heterocycles. The molecule has 120 valence electrons. The highest BCUT2D eigenvalue weighted by Crippen LogP contribution is 2.18. The summed E-state index contributed by atoms with van der Waals surface area (Å²) in [5.41, 5.74) is 1.56. The van der Waals surface area contributed by atoms with Crippen LogP contribution in [-0.2, 0) is 27.5 Å². The number of aryl methyl sites for hydroxylation is 2. The summed E-state index contributed by atoms with van der Waals surface area (Å²) in [5.74, 6) is -0.295. The predicted octanol–water partition coefficient (Wildman–Crippen LogP) is -0.404. The molecule has 2 heterocycles. The van der Waals surface area contributed by atoms with Crippen LogP contribution in [-0.4, -0.2) is 41.7 Å². The molecular weight excluding hydrogens is 306 g/mol. The van der Waals surface area contributed by atoms with E-state index in [1.807, 2.05) is 0 Å². The average molecular weight is 325 g/mol. The molecule has 1 amide bonds. The normalized spacial score (nSPS) is 24.0. The number of nitrogens with zero attached hydrogens (tertiary/aromatic N) is 2. The average Bonchev–Trinajstić information content (AvgIpc) is 3.02. The van der Waals surface area contributed by atoms with E-state index in [4.69, 9.17) is 0 Å². The van der Waals surface area contributed by atoms with Gasteiger partial charge in [0.15, 0.2) is 9.84 Å². The van der Waals surface area contributed by atoms with Crippen LogP contribution >= 0.6 is 0 Å². The van der Waals surface area contributed by atoms with Crippen LogP contribution < -0.4 is 10.9 Å². The fourth-order valence-corrected chi connectivity index (χ4v) is 4.71. The molecule has 2 aliphatic rings. The van der Waals surface area contributed by atoms with Crippen molar-refractivity contribution in [3.05, 3.63) is 27.7 Å². The number of hydrogen-bond donors (Lipinski definition) is 1. The van der Waals surface area contributed by atoms with E-state index in [9.17, 15) is 18.0 Å². The molecule has 7 nitrogen and oxygen atoms in total. The molecule has 0 aromatic carbocycles. The van der Waals surface area contributed by atoms with Crippen molar-refractivity contribution >= 4 is 15.7 Å². The third-order valence-electron chi connectivity index (χ3n) is 4.31. The van der Waals surface area contributed by atoms with Gasteiger partial charge in [0, 0.05) is 12.1 Å². The predicted molar refractivity (Wildman–Crippen MR) is 80.4 cm³/mol. The Bertz CT molecular complexity index is 769. The van der Waals surface area contributed by atoms with Gasteiger partial charge in [0.2, 0.25) is 5.91 Å². The van der Waals surface area contributed by atoms with E-state index in [2.05, 4.69) is 10.4 Å². The lowest BCUT2D eigenvalue weighted by Crippen LogP contribution is -2.42. The molecule has 0 bridgehead atoms. The highest BCUT2D eigenvalue weighted by atomic mass is 32.2. The molecule has 0 spiro atoms. The van der Waals surface area contributed by atoms with Crippen LogP contribution in [0.5, 0.6) is 0 Å². The van der Waals surface area contributed by atoms with E-state index in [-0.39, 0.29) is 29.0 Å². The molecule has 0 radical (unpaired) electrons. The van der Waals surface area contributed by atoms with Gasteiger partial charge in [0.25, 0.3) is 5.56 Å². The fourth-order valence-electron chi connectivity index (χ4n) is 3.03. The quantitative estimate of drug-likeness (QED) is 0.815. The first-order chi connectivity index (χ1) is 10.4. The Balaban J connectivity index is 1.75. The van der Waals surface area contributed by atoms with E-state index in [1.54, 1.807) is 13.0 Å². The van der Waals surface area contributed by atoms with Crippen LogP contribution in [0.25, 0.3) is 0 Å². The van der Waals surface area contributed by atoms with Gasteiger partial charge in [0.1, 0.15) is 6.04 Å². The molecule has 1 aromatic rings. The zero-order valence-corrected chi connectivity index (χ0v) is 13.2. The van der Waals surface area contributed by atoms with E-state index < -0.39 is 15.9 Å². The second-order valence-electron chi connectivity index (χ2n) is 6.04. The maximum absolute atomic E-state index is 12.3. The number of amides is 1. The Morgan fingerprint density at radius 3 is 2.91 bits per heavy atom. The minimum atomic E-state index is -3.05. The molecule has 1 saturated heterocycles. The lowest BCUT2D eigenvalue weighted by atomic mass is 10.2. The summed E-state index contributed by atoms with van der Waals surface area (Å²) in [4.78, 5) is 24.3. The number of nitrogens with one attached hydrogen (secondary N) is 1. The van der Waals surface area contributed by atoms with Crippen LogP contribution in [0.4, 0.5) is 0 Å². The van der Waals surface area contributed by atoms with Crippen LogP contribution in [0, 0.1) is 0 Å². The number of rotatable bonds is 3. The molecule has 1 N–H and O–H groups in total. The van der Waals surface area contributed by atoms with Crippen LogP contribution in [0.2, 0.25) is 0 Å². The third-order valence-corrected chi connectivity index (χ3v) is 6.08. The lowest BCUT2D eigenvalue weighted by molar-refractivity contribution is -0.124. The summed E-state index contributed by atoms with van der Waals surface area (Å²) in [6.07, 6.45) is 3.09. The van der Waals surface area contributed by atoms with Crippen molar-refractivity contribution in [1.29, 1.82) is 0 Å². The number of sulfone groups is 1. The Labute approximate surface area is 128 Å². The fraction of sp³-hybridized carbons (Fsp3) is 0.643. The van der Waals surface area contributed by atoms with Gasteiger partial charge in [-0.25, -0.2) is 13.1 Å². The Morgan fingerprint density at radius 2 is 2.23 bits per heavy atom. The molecule has 0 unspecified atom stereocenters. The maximum Gasteiger partial charge on any atom is 0.267 e. The molecule has 3 rings (SSSR count). The number of aromatic nitrogens is 2. The Kier molecular flexibility index (Phi) is 3.80. The summed E-state index contributed by atoms with van der Waals surface area (Å²) in [6.45, 7) is 1.61. The summed E-state index contributed by atoms with van der Waals surface area (Å²) in [5, 5.41) is 7.01. The highest BCUT2D eigenvalue weighted by molar-refractivity contribution is 7.91. The van der Waals surface area contributed by atoms with Crippen molar-refractivity contribution in [1.82, 2.24) is 15.1 Å². The van der Waals surface area contributed by atoms with Crippen molar-refractivity contribution in [2.75, 3.05) is 11.5 Å². The highest BCUT2D eigenvalue weighted by Gasteiger charge is 2.31. The van der Waals surface area contributed by atoms with Crippen LogP contribution in [0.1, 0.15) is 37.1 Å². The van der Waals surface area contributed by atoms with Gasteiger partial charge >= 0.3 is 0 Å². The molecule has 1 aromatic heterocycles. The molecule has 8 heteroatoms. The van der Waals surface area contributed by atoms with E-state index in [0.29, 0.717) is 6.42 Å². The minimum absolute atomic E-state index is 0.0298. The van der Waals surface area contributed by atoms with Crippen molar-refractivity contribution in [2.45, 2.75) is 44.7 Å². The molecule has 0 saturated carbocycles. The summed E-state index contributed by atoms with van der Waals surface area (Å²) >= 11 is 0. The van der Waals surface area contributed by atoms with E-state index in [0.717, 1.165) is 30.5 Å². The second kappa shape index (κ2) is 5.49. The Hall–Kier alpha value is -1.70. The largest absolute Gasteiger partial charge is 0.350 e. The van der Waals surface area contributed by atoms with Gasteiger partial charge < -0.3 is 5.32 Å². The van der Waals surface area contributed by atoms with Crippen molar-refractivity contribution in [2.24, 2.45) is 0 Å². The van der Waals surface area contributed by atoms with E-state index in [1.165, 1.54) is 4.68 Å². The molecule has 22 heavy (non-hydrogen) atoms. The van der Waals surface area contributed by atoms with Crippen LogP contribution in [0.15, 0.2) is 10.9 Å². The van der Waals surface area contributed by atoms with Crippen molar-refractivity contribution in [3.63, 3.8) is 0 Å². The zero-order valence-electron chi connectivity index (χ0n) is 12.4. The number of carbonyl (C=O) groups excluding carboxylic acids is 1. The smallest absolute Gasteiger partial charge is 0.267 e. The van der Waals surface area contributed by atoms with Gasteiger partial charge in [-0.15, -0.1) is 0 Å². The van der Waals surface area contributed by atoms with Crippen molar-refractivity contribution in [3.8, 4) is 0 Å². The Morgan fingerprint density at radius 1 is 1.45 bits per heavy atom. The zero-order chi connectivity index (χ0) is 15.9. The van der Waals surface area contributed by atoms with Gasteiger partial charge in [-0.2, -0.15) is 5.10 Å². The van der Waals surface area contributed by atoms with Gasteiger partial charge in [0.05, 0.1) is 17.2 Å². The molecule has 1 fully saturated rings. The summed E-state index contributed by atoms with van der Waals surface area (Å²) in [6, 6.07) is 0.436. The molecular formula is C14H19N3O4S. The van der Waals surface area contributed by atoms with Gasteiger partial charge in [-0.3, -0.25) is 9.59 Å². The minimum Gasteiger partial charge on any atom is -0.350 e. The monoisotopic (exact) mass is 325 g/mol. The van der Waals surface area contributed by atoms with Crippen molar-refractivity contribution < 1.29 is 13.2 Å². The first kappa shape index (κ1) is 15.2. The summed E-state index contributed by atoms with van der Waals surface area (Å²) < 4.78 is 24.0. The van der Waals surface area contributed by atoms with Gasteiger partial charge in [-0.1, -0.05) is 0 Å². The number of fused-ring (bicyclic) bond motifs is 1. The number of carbonyl (C=O) groups is 1. The van der Waals surface area contributed by atoms with E-state index >= 15 is 0 Å². The lowest BCUT2D eigenvalue weighted by Gasteiger charge is -2.17. The van der Waals surface area contributed by atoms with Gasteiger partial charge in [-0.05, 0) is 38.2 Å². The number of hydrogen-bond acceptors (Lipinski definition) is 5. The maximum atomic E-state index is 12.3.